The monoisotopic (exact) mass is 243 g/mol. The van der Waals surface area contributed by atoms with Gasteiger partial charge >= 0.3 is 0 Å². The first-order valence-corrected chi connectivity index (χ1v) is 7.75. The minimum absolute atomic E-state index is 0.283. The van der Waals surface area contributed by atoms with Gasteiger partial charge in [-0.2, -0.15) is 0 Å². The second kappa shape index (κ2) is 4.53. The van der Waals surface area contributed by atoms with Crippen LogP contribution in [-0.2, 0) is 9.05 Å². The van der Waals surface area contributed by atoms with Crippen LogP contribution >= 0.6 is 8.53 Å². The molecule has 1 saturated carbocycles. The van der Waals surface area contributed by atoms with Crippen molar-refractivity contribution in [2.75, 3.05) is 13.2 Å². The van der Waals surface area contributed by atoms with Gasteiger partial charge in [-0.15, -0.1) is 0 Å². The van der Waals surface area contributed by atoms with Crippen molar-refractivity contribution < 1.29 is 9.05 Å². The number of hydrogen-bond donors (Lipinski definition) is 0. The van der Waals surface area contributed by atoms with Crippen molar-refractivity contribution >= 4 is 8.53 Å². The third-order valence-corrected chi connectivity index (χ3v) is 5.95. The summed E-state index contributed by atoms with van der Waals surface area (Å²) >= 11 is 0. The Morgan fingerprint density at radius 2 is 2.12 bits per heavy atom. The fraction of sp³-hybridized carbons (Fsp3) is 1.00. The van der Waals surface area contributed by atoms with Crippen LogP contribution in [0.4, 0.5) is 0 Å². The predicted octanol–water partition coefficient (Wildman–Crippen LogP) is 3.16. The van der Waals surface area contributed by atoms with E-state index in [1.807, 2.05) is 0 Å². The molecule has 3 nitrogen and oxygen atoms in total. The van der Waals surface area contributed by atoms with Gasteiger partial charge in [-0.25, -0.2) is 4.67 Å². The lowest BCUT2D eigenvalue weighted by atomic mass is 9.80. The Balaban J connectivity index is 1.73. The molecule has 0 radical (unpaired) electrons. The topological polar surface area (TPSA) is 21.7 Å². The van der Waals surface area contributed by atoms with Crippen LogP contribution in [0.5, 0.6) is 0 Å². The predicted molar refractivity (Wildman–Crippen MR) is 65.0 cm³/mol. The summed E-state index contributed by atoms with van der Waals surface area (Å²) in [6.07, 6.45) is 5.89. The first-order chi connectivity index (χ1) is 7.75. The molecule has 2 aliphatic heterocycles. The zero-order chi connectivity index (χ0) is 11.1. The largest absolute Gasteiger partial charge is 0.322 e. The molecule has 3 rings (SSSR count). The van der Waals surface area contributed by atoms with Crippen molar-refractivity contribution in [2.24, 2.45) is 11.8 Å². The van der Waals surface area contributed by atoms with Gasteiger partial charge in [0.15, 0.2) is 0 Å². The quantitative estimate of drug-likeness (QED) is 0.695. The summed E-state index contributed by atoms with van der Waals surface area (Å²) in [5.41, 5.74) is 0. The van der Waals surface area contributed by atoms with Gasteiger partial charge in [0.05, 0.1) is 12.7 Å². The Hall–Kier alpha value is 0.310. The van der Waals surface area contributed by atoms with Gasteiger partial charge in [0.2, 0.25) is 0 Å². The van der Waals surface area contributed by atoms with Crippen molar-refractivity contribution in [1.82, 2.24) is 4.67 Å². The van der Waals surface area contributed by atoms with E-state index in [1.54, 1.807) is 0 Å². The summed E-state index contributed by atoms with van der Waals surface area (Å²) in [7, 11) is -0.743. The minimum atomic E-state index is -0.743. The zero-order valence-corrected chi connectivity index (χ0v) is 11.2. The van der Waals surface area contributed by atoms with E-state index < -0.39 is 8.53 Å². The van der Waals surface area contributed by atoms with E-state index in [-0.39, 0.29) is 6.10 Å². The summed E-state index contributed by atoms with van der Waals surface area (Å²) < 4.78 is 14.4. The van der Waals surface area contributed by atoms with Gasteiger partial charge in [0, 0.05) is 18.5 Å². The molecule has 0 aromatic carbocycles. The molecule has 16 heavy (non-hydrogen) atoms. The van der Waals surface area contributed by atoms with Gasteiger partial charge in [0.25, 0.3) is 8.53 Å². The Bertz CT molecular complexity index is 261. The van der Waals surface area contributed by atoms with E-state index >= 15 is 0 Å². The highest BCUT2D eigenvalue weighted by Gasteiger charge is 2.50. The maximum Gasteiger partial charge on any atom is 0.259 e. The highest BCUT2D eigenvalue weighted by molar-refractivity contribution is 7.44. The maximum atomic E-state index is 5.94. The van der Waals surface area contributed by atoms with Gasteiger partial charge in [0.1, 0.15) is 0 Å². The molecule has 2 heterocycles. The summed E-state index contributed by atoms with van der Waals surface area (Å²) in [6, 6.07) is 0.770. The molecule has 2 bridgehead atoms. The SMILES string of the molecule is CC(C)O[P@@]1OC[C@H]2CN1C1CCCC[C@@H]12. The molecule has 0 spiro atoms. The van der Waals surface area contributed by atoms with Gasteiger partial charge in [-0.3, -0.25) is 0 Å². The average Bonchev–Trinajstić information content (AvgIpc) is 2.58. The van der Waals surface area contributed by atoms with Crippen molar-refractivity contribution in [3.05, 3.63) is 0 Å². The Kier molecular flexibility index (Phi) is 3.23. The van der Waals surface area contributed by atoms with Crippen molar-refractivity contribution in [3.63, 3.8) is 0 Å². The molecule has 2 saturated heterocycles. The average molecular weight is 243 g/mol. The molecule has 0 N–H and O–H groups in total. The molecule has 3 fully saturated rings. The molecule has 92 valence electrons. The summed E-state index contributed by atoms with van der Waals surface area (Å²) in [5, 5.41) is 0. The lowest BCUT2D eigenvalue weighted by Gasteiger charge is -2.35. The third kappa shape index (κ3) is 1.92. The molecule has 2 unspecified atom stereocenters. The molecular weight excluding hydrogens is 221 g/mol. The van der Waals surface area contributed by atoms with E-state index in [4.69, 9.17) is 9.05 Å². The second-order valence-electron chi connectivity index (χ2n) is 5.59. The molecule has 5 atom stereocenters. The van der Waals surface area contributed by atoms with Crippen LogP contribution in [0, 0.1) is 11.8 Å². The summed E-state index contributed by atoms with van der Waals surface area (Å²) in [6.45, 7) is 6.38. The van der Waals surface area contributed by atoms with E-state index in [1.165, 1.54) is 32.2 Å². The van der Waals surface area contributed by atoms with Gasteiger partial charge < -0.3 is 9.05 Å². The molecular formula is C12H22NO2P. The number of fused-ring (bicyclic) bond motifs is 5. The molecule has 0 aromatic heterocycles. The lowest BCUT2D eigenvalue weighted by molar-refractivity contribution is 0.135. The normalized spacial score (nSPS) is 47.1. The molecule has 0 amide bonds. The highest BCUT2D eigenvalue weighted by Crippen LogP contribution is 2.58. The summed E-state index contributed by atoms with van der Waals surface area (Å²) in [5.74, 6) is 1.69. The summed E-state index contributed by atoms with van der Waals surface area (Å²) in [4.78, 5) is 0. The van der Waals surface area contributed by atoms with E-state index in [2.05, 4.69) is 18.5 Å². The van der Waals surface area contributed by atoms with Crippen LogP contribution in [0.3, 0.4) is 0 Å². The van der Waals surface area contributed by atoms with Crippen LogP contribution in [0.1, 0.15) is 39.5 Å². The first kappa shape index (κ1) is 11.4. The molecule has 3 aliphatic rings. The highest BCUT2D eigenvalue weighted by atomic mass is 31.2. The minimum Gasteiger partial charge on any atom is -0.322 e. The molecule has 0 aromatic rings. The van der Waals surface area contributed by atoms with E-state index in [0.717, 1.165) is 24.5 Å². The lowest BCUT2D eigenvalue weighted by Crippen LogP contribution is -2.32. The van der Waals surface area contributed by atoms with E-state index in [0.29, 0.717) is 0 Å². The Morgan fingerprint density at radius 3 is 2.94 bits per heavy atom. The zero-order valence-electron chi connectivity index (χ0n) is 10.3. The van der Waals surface area contributed by atoms with Crippen LogP contribution in [-0.4, -0.2) is 30.0 Å². The molecule has 4 heteroatoms. The van der Waals surface area contributed by atoms with Crippen LogP contribution in [0.15, 0.2) is 0 Å². The first-order valence-electron chi connectivity index (χ1n) is 6.62. The van der Waals surface area contributed by atoms with Crippen LogP contribution in [0.2, 0.25) is 0 Å². The van der Waals surface area contributed by atoms with Crippen molar-refractivity contribution in [1.29, 1.82) is 0 Å². The van der Waals surface area contributed by atoms with E-state index in [9.17, 15) is 0 Å². The smallest absolute Gasteiger partial charge is 0.259 e. The number of rotatable bonds is 2. The van der Waals surface area contributed by atoms with Crippen molar-refractivity contribution in [3.8, 4) is 0 Å². The maximum absolute atomic E-state index is 5.94. The molecule has 1 aliphatic carbocycles. The van der Waals surface area contributed by atoms with Gasteiger partial charge in [-0.05, 0) is 32.6 Å². The van der Waals surface area contributed by atoms with Gasteiger partial charge in [-0.1, -0.05) is 12.8 Å². The number of hydrogen-bond acceptors (Lipinski definition) is 3. The fourth-order valence-corrected chi connectivity index (χ4v) is 5.32. The van der Waals surface area contributed by atoms with Crippen LogP contribution < -0.4 is 0 Å². The van der Waals surface area contributed by atoms with Crippen LogP contribution in [0.25, 0.3) is 0 Å². The van der Waals surface area contributed by atoms with Crippen molar-refractivity contribution in [2.45, 2.75) is 51.7 Å². The standard InChI is InChI=1S/C12H22NO2P/c1-9(2)15-16-13-7-10(8-14-16)11-5-3-4-6-12(11)13/h9-12H,3-8H2,1-2H3/t10-,11-,12?,16-/m1/s1. The fourth-order valence-electron chi connectivity index (χ4n) is 3.44. The Labute approximate surface area is 99.5 Å². The second-order valence-corrected chi connectivity index (χ2v) is 7.04. The Morgan fingerprint density at radius 1 is 1.31 bits per heavy atom. The third-order valence-electron chi connectivity index (χ3n) is 4.10. The number of nitrogens with zero attached hydrogens (tertiary/aromatic N) is 1.